The Morgan fingerprint density at radius 3 is 3.06 bits per heavy atom. The van der Waals surface area contributed by atoms with E-state index in [2.05, 4.69) is 15.2 Å². The second-order valence-corrected chi connectivity index (χ2v) is 4.82. The lowest BCUT2D eigenvalue weighted by molar-refractivity contribution is 0.121. The Balaban J connectivity index is 1.83. The molecule has 0 bridgehead atoms. The van der Waals surface area contributed by atoms with Crippen molar-refractivity contribution in [3.05, 3.63) is 11.4 Å². The average molecular weight is 239 g/mol. The molecule has 2 heterocycles. The first-order chi connectivity index (χ1) is 8.29. The van der Waals surface area contributed by atoms with Gasteiger partial charge in [0.05, 0.1) is 0 Å². The molecule has 5 heteroatoms. The Morgan fingerprint density at radius 2 is 2.35 bits per heavy atom. The summed E-state index contributed by atoms with van der Waals surface area (Å²) < 4.78 is 9.88. The Bertz CT molecular complexity index is 340. The van der Waals surface area contributed by atoms with Crippen molar-refractivity contribution in [2.24, 2.45) is 5.92 Å². The van der Waals surface area contributed by atoms with Crippen molar-refractivity contribution >= 4 is 0 Å². The molecule has 0 spiro atoms. The lowest BCUT2D eigenvalue weighted by Gasteiger charge is -2.32. The zero-order valence-electron chi connectivity index (χ0n) is 10.7. The standard InChI is InChI=1S/C12H21N3O2/c1-10-12(14-17-13-10)9-15-6-3-4-11(8-15)5-7-16-2/h11H,3-9H2,1-2H3/t11-/m0/s1. The van der Waals surface area contributed by atoms with Gasteiger partial charge in [-0.15, -0.1) is 0 Å². The van der Waals surface area contributed by atoms with E-state index in [0.29, 0.717) is 0 Å². The molecule has 1 fully saturated rings. The maximum Gasteiger partial charge on any atom is 0.122 e. The van der Waals surface area contributed by atoms with Gasteiger partial charge in [-0.05, 0) is 38.6 Å². The van der Waals surface area contributed by atoms with Crippen molar-refractivity contribution in [1.29, 1.82) is 0 Å². The Hall–Kier alpha value is -0.940. The number of aromatic nitrogens is 2. The second kappa shape index (κ2) is 6.12. The maximum atomic E-state index is 5.15. The van der Waals surface area contributed by atoms with Gasteiger partial charge in [0.2, 0.25) is 0 Å². The highest BCUT2D eigenvalue weighted by molar-refractivity contribution is 5.04. The van der Waals surface area contributed by atoms with E-state index in [1.54, 1.807) is 7.11 Å². The van der Waals surface area contributed by atoms with Gasteiger partial charge in [0, 0.05) is 26.8 Å². The number of piperidine rings is 1. The lowest BCUT2D eigenvalue weighted by Crippen LogP contribution is -2.35. The van der Waals surface area contributed by atoms with Crippen molar-refractivity contribution < 1.29 is 9.37 Å². The lowest BCUT2D eigenvalue weighted by atomic mass is 9.95. The third-order valence-electron chi connectivity index (χ3n) is 3.45. The summed E-state index contributed by atoms with van der Waals surface area (Å²) in [6.45, 7) is 5.95. The van der Waals surface area contributed by atoms with Crippen LogP contribution in [0.3, 0.4) is 0 Å². The summed E-state index contributed by atoms with van der Waals surface area (Å²) in [6.07, 6.45) is 3.73. The molecule has 0 aromatic carbocycles. The number of ether oxygens (including phenoxy) is 1. The monoisotopic (exact) mass is 239 g/mol. The van der Waals surface area contributed by atoms with Gasteiger partial charge in [0.1, 0.15) is 11.4 Å². The van der Waals surface area contributed by atoms with Crippen LogP contribution in [0.1, 0.15) is 30.7 Å². The summed E-state index contributed by atoms with van der Waals surface area (Å²) in [4.78, 5) is 2.44. The van der Waals surface area contributed by atoms with Crippen LogP contribution in [0.5, 0.6) is 0 Å². The van der Waals surface area contributed by atoms with Gasteiger partial charge in [0.15, 0.2) is 0 Å². The summed E-state index contributed by atoms with van der Waals surface area (Å²) in [5.74, 6) is 0.754. The van der Waals surface area contributed by atoms with Gasteiger partial charge >= 0.3 is 0 Å². The molecule has 0 radical (unpaired) electrons. The number of likely N-dealkylation sites (tertiary alicyclic amines) is 1. The van der Waals surface area contributed by atoms with E-state index < -0.39 is 0 Å². The largest absolute Gasteiger partial charge is 0.385 e. The van der Waals surface area contributed by atoms with Gasteiger partial charge in [0.25, 0.3) is 0 Å². The second-order valence-electron chi connectivity index (χ2n) is 4.82. The van der Waals surface area contributed by atoms with Crippen molar-refractivity contribution in [3.63, 3.8) is 0 Å². The number of nitrogens with zero attached hydrogens (tertiary/aromatic N) is 3. The highest BCUT2D eigenvalue weighted by Crippen LogP contribution is 2.21. The zero-order chi connectivity index (χ0) is 12.1. The summed E-state index contributed by atoms with van der Waals surface area (Å²) in [6, 6.07) is 0. The number of rotatable bonds is 5. The SMILES string of the molecule is COCC[C@@H]1CCCN(Cc2nonc2C)C1. The third-order valence-corrected chi connectivity index (χ3v) is 3.45. The van der Waals surface area contributed by atoms with E-state index >= 15 is 0 Å². The van der Waals surface area contributed by atoms with Crippen molar-refractivity contribution in [1.82, 2.24) is 15.2 Å². The average Bonchev–Trinajstić information content (AvgIpc) is 2.73. The molecule has 5 nitrogen and oxygen atoms in total. The summed E-state index contributed by atoms with van der Waals surface area (Å²) >= 11 is 0. The molecule has 0 saturated carbocycles. The maximum absolute atomic E-state index is 5.15. The van der Waals surface area contributed by atoms with Crippen molar-refractivity contribution in [3.8, 4) is 0 Å². The molecule has 0 aliphatic carbocycles. The van der Waals surface area contributed by atoms with Gasteiger partial charge in [-0.2, -0.15) is 0 Å². The number of hydrogen-bond acceptors (Lipinski definition) is 5. The van der Waals surface area contributed by atoms with Gasteiger partial charge < -0.3 is 4.74 Å². The van der Waals surface area contributed by atoms with E-state index in [-0.39, 0.29) is 0 Å². The van der Waals surface area contributed by atoms with Crippen LogP contribution in [0.2, 0.25) is 0 Å². The molecule has 0 N–H and O–H groups in total. The quantitative estimate of drug-likeness (QED) is 0.781. The van der Waals surface area contributed by atoms with Crippen molar-refractivity contribution in [2.75, 3.05) is 26.8 Å². The number of methoxy groups -OCH3 is 1. The molecule has 0 amide bonds. The highest BCUT2D eigenvalue weighted by Gasteiger charge is 2.21. The molecule has 1 aliphatic rings. The number of hydrogen-bond donors (Lipinski definition) is 0. The first-order valence-electron chi connectivity index (χ1n) is 6.29. The van der Waals surface area contributed by atoms with Crippen LogP contribution in [-0.4, -0.2) is 42.0 Å². The van der Waals surface area contributed by atoms with Crippen LogP contribution in [0.25, 0.3) is 0 Å². The van der Waals surface area contributed by atoms with Crippen LogP contribution in [0, 0.1) is 12.8 Å². The van der Waals surface area contributed by atoms with Crippen LogP contribution in [0.4, 0.5) is 0 Å². The molecule has 2 rings (SSSR count). The smallest absolute Gasteiger partial charge is 0.122 e. The molecule has 1 atom stereocenters. The predicted molar refractivity (Wildman–Crippen MR) is 63.5 cm³/mol. The summed E-state index contributed by atoms with van der Waals surface area (Å²) in [7, 11) is 1.77. The first-order valence-corrected chi connectivity index (χ1v) is 6.29. The molecular formula is C12H21N3O2. The fourth-order valence-electron chi connectivity index (χ4n) is 2.42. The summed E-state index contributed by atoms with van der Waals surface area (Å²) in [5.41, 5.74) is 1.88. The Morgan fingerprint density at radius 1 is 1.47 bits per heavy atom. The minimum absolute atomic E-state index is 0.754. The molecule has 0 unspecified atom stereocenters. The predicted octanol–water partition coefficient (Wildman–Crippen LogP) is 1.63. The minimum Gasteiger partial charge on any atom is -0.385 e. The first kappa shape index (κ1) is 12.5. The zero-order valence-corrected chi connectivity index (χ0v) is 10.7. The molecule has 1 aromatic rings. The fraction of sp³-hybridized carbons (Fsp3) is 0.833. The van der Waals surface area contributed by atoms with Crippen LogP contribution in [0.15, 0.2) is 4.63 Å². The minimum atomic E-state index is 0.754. The van der Waals surface area contributed by atoms with E-state index in [0.717, 1.165) is 50.0 Å². The molecule has 1 saturated heterocycles. The van der Waals surface area contributed by atoms with E-state index in [9.17, 15) is 0 Å². The summed E-state index contributed by atoms with van der Waals surface area (Å²) in [5, 5.41) is 7.76. The van der Waals surface area contributed by atoms with Crippen molar-refractivity contribution in [2.45, 2.75) is 32.7 Å². The molecule has 96 valence electrons. The van der Waals surface area contributed by atoms with E-state index in [4.69, 9.17) is 9.37 Å². The molecular weight excluding hydrogens is 218 g/mol. The van der Waals surface area contributed by atoms with E-state index in [1.165, 1.54) is 12.8 Å². The van der Waals surface area contributed by atoms with Crippen LogP contribution < -0.4 is 0 Å². The number of aryl methyl sites for hydroxylation is 1. The van der Waals surface area contributed by atoms with E-state index in [1.807, 2.05) is 6.92 Å². The van der Waals surface area contributed by atoms with Crippen LogP contribution in [-0.2, 0) is 11.3 Å². The third kappa shape index (κ3) is 3.51. The molecule has 1 aliphatic heterocycles. The highest BCUT2D eigenvalue weighted by atomic mass is 16.6. The van der Waals surface area contributed by atoms with Gasteiger partial charge in [-0.25, -0.2) is 4.63 Å². The molecule has 17 heavy (non-hydrogen) atoms. The normalized spacial score (nSPS) is 21.9. The fourth-order valence-corrected chi connectivity index (χ4v) is 2.42. The van der Waals surface area contributed by atoms with Gasteiger partial charge in [-0.3, -0.25) is 4.90 Å². The van der Waals surface area contributed by atoms with Crippen LogP contribution >= 0.6 is 0 Å². The Kier molecular flexibility index (Phi) is 4.50. The molecule has 1 aromatic heterocycles. The Labute approximate surface area is 102 Å². The van der Waals surface area contributed by atoms with Gasteiger partial charge in [-0.1, -0.05) is 10.3 Å². The topological polar surface area (TPSA) is 51.4 Å².